The summed E-state index contributed by atoms with van der Waals surface area (Å²) in [6.07, 6.45) is 16.0. The lowest BCUT2D eigenvalue weighted by molar-refractivity contribution is -0.137. The van der Waals surface area contributed by atoms with Gasteiger partial charge in [-0.2, -0.15) is 0 Å². The topological polar surface area (TPSA) is 113 Å². The van der Waals surface area contributed by atoms with E-state index in [1.54, 1.807) is 18.2 Å². The van der Waals surface area contributed by atoms with Gasteiger partial charge in [0.25, 0.3) is 0 Å². The molecule has 0 saturated carbocycles. The van der Waals surface area contributed by atoms with Gasteiger partial charge in [-0.05, 0) is 25.0 Å². The van der Waals surface area contributed by atoms with Crippen molar-refractivity contribution in [2.45, 2.75) is 103 Å². The number of ether oxygens (including phenoxy) is 5. The molecule has 1 unspecified atom stereocenters. The van der Waals surface area contributed by atoms with Crippen LogP contribution in [-0.4, -0.2) is 69.8 Å². The highest BCUT2D eigenvalue weighted by molar-refractivity contribution is 5.93. The fraction of sp³-hybridized carbons (Fsp3) is 0.758. The van der Waals surface area contributed by atoms with Crippen molar-refractivity contribution in [1.29, 1.82) is 0 Å². The van der Waals surface area contributed by atoms with Crippen LogP contribution in [0.3, 0.4) is 0 Å². The molecule has 0 spiro atoms. The Hall–Kier alpha value is -2.36. The Morgan fingerprint density at radius 3 is 1.74 bits per heavy atom. The van der Waals surface area contributed by atoms with Gasteiger partial charge in [0.1, 0.15) is 13.2 Å². The Morgan fingerprint density at radius 2 is 1.19 bits per heavy atom. The van der Waals surface area contributed by atoms with Crippen LogP contribution in [0.5, 0.6) is 11.5 Å². The first-order valence-corrected chi connectivity index (χ1v) is 16.3. The molecule has 1 amide bonds. The molecule has 0 bridgehead atoms. The van der Waals surface area contributed by atoms with Crippen LogP contribution in [0, 0.1) is 5.92 Å². The molecule has 240 valence electrons. The molecule has 0 fully saturated rings. The maximum Gasteiger partial charge on any atom is 0.303 e. The number of amides is 1. The van der Waals surface area contributed by atoms with Crippen molar-refractivity contribution >= 4 is 17.6 Å². The number of unbranched alkanes of at least 4 members (excludes halogenated alkanes) is 11. The zero-order valence-electron chi connectivity index (χ0n) is 25.9. The summed E-state index contributed by atoms with van der Waals surface area (Å²) < 4.78 is 28.3. The molecule has 0 radical (unpaired) electrons. The Balaban J connectivity index is 1.82. The van der Waals surface area contributed by atoms with Crippen LogP contribution < -0.4 is 14.8 Å². The van der Waals surface area contributed by atoms with Crippen LogP contribution in [0.15, 0.2) is 18.2 Å². The van der Waals surface area contributed by atoms with E-state index in [1.165, 1.54) is 57.8 Å². The van der Waals surface area contributed by atoms with Crippen LogP contribution in [0.2, 0.25) is 0 Å². The van der Waals surface area contributed by atoms with Crippen molar-refractivity contribution in [3.63, 3.8) is 0 Å². The minimum atomic E-state index is -0.882. The number of anilines is 1. The van der Waals surface area contributed by atoms with Crippen molar-refractivity contribution in [2.75, 3.05) is 58.2 Å². The fourth-order valence-corrected chi connectivity index (χ4v) is 4.96. The molecular weight excluding hydrogens is 538 g/mol. The molecule has 9 nitrogen and oxygen atoms in total. The van der Waals surface area contributed by atoms with Gasteiger partial charge in [-0.3, -0.25) is 9.59 Å². The highest BCUT2D eigenvalue weighted by atomic mass is 16.6. The normalized spacial score (nSPS) is 15.7. The van der Waals surface area contributed by atoms with Gasteiger partial charge in [0.05, 0.1) is 39.6 Å². The molecule has 9 heteroatoms. The lowest BCUT2D eigenvalue weighted by atomic mass is 9.94. The van der Waals surface area contributed by atoms with E-state index < -0.39 is 5.97 Å². The van der Waals surface area contributed by atoms with Crippen molar-refractivity contribution in [2.24, 2.45) is 5.92 Å². The van der Waals surface area contributed by atoms with Crippen LogP contribution in [0.1, 0.15) is 103 Å². The van der Waals surface area contributed by atoms with Gasteiger partial charge in [0.15, 0.2) is 11.5 Å². The highest BCUT2D eigenvalue weighted by Gasteiger charge is 2.20. The summed E-state index contributed by atoms with van der Waals surface area (Å²) in [5.74, 6) is -0.333. The molecular formula is C33H55NO8. The molecule has 2 rings (SSSR count). The van der Waals surface area contributed by atoms with Gasteiger partial charge < -0.3 is 34.1 Å². The number of carboxylic acid groups (broad SMARTS) is 1. The number of aliphatic carboxylic acids is 1. The summed E-state index contributed by atoms with van der Waals surface area (Å²) in [5.41, 5.74) is 0.584. The number of carbonyl (C=O) groups is 2. The second kappa shape index (κ2) is 24.1. The molecule has 1 aromatic carbocycles. The van der Waals surface area contributed by atoms with Crippen LogP contribution >= 0.6 is 0 Å². The molecule has 0 aromatic heterocycles. The standard InChI is InChI=1S/C33H55NO8/c1-2-3-4-5-6-7-8-9-10-11-12-13-14-28(15-18-32(35)36)33(37)34-29-16-17-30-31(27-29)42-26-24-40-22-20-38-19-21-39-23-25-41-30/h16-17,27-28H,2-15,18-26H2,1H3,(H,34,37)(H,35,36). The quantitative estimate of drug-likeness (QED) is 0.175. The monoisotopic (exact) mass is 593 g/mol. The minimum Gasteiger partial charge on any atom is -0.487 e. The third-order valence-corrected chi connectivity index (χ3v) is 7.41. The van der Waals surface area contributed by atoms with Gasteiger partial charge in [0.2, 0.25) is 5.91 Å². The SMILES string of the molecule is CCCCCCCCCCCCCCC(CCC(=O)O)C(=O)Nc1ccc2c(c1)OCCOCCOCCOCCO2. The van der Waals surface area contributed by atoms with Gasteiger partial charge in [-0.15, -0.1) is 0 Å². The van der Waals surface area contributed by atoms with E-state index in [2.05, 4.69) is 12.2 Å². The number of carbonyl (C=O) groups excluding carboxylic acids is 1. The van der Waals surface area contributed by atoms with E-state index in [-0.39, 0.29) is 18.2 Å². The predicted octanol–water partition coefficient (Wildman–Crippen LogP) is 7.02. The molecule has 0 saturated heterocycles. The van der Waals surface area contributed by atoms with Crippen LogP contribution in [-0.2, 0) is 23.8 Å². The van der Waals surface area contributed by atoms with E-state index in [9.17, 15) is 14.7 Å². The van der Waals surface area contributed by atoms with Gasteiger partial charge in [0, 0.05) is 24.1 Å². The summed E-state index contributed by atoms with van der Waals surface area (Å²) >= 11 is 0. The summed E-state index contributed by atoms with van der Waals surface area (Å²) in [4.78, 5) is 24.5. The predicted molar refractivity (Wildman–Crippen MR) is 165 cm³/mol. The van der Waals surface area contributed by atoms with Crippen LogP contribution in [0.25, 0.3) is 0 Å². The van der Waals surface area contributed by atoms with E-state index in [0.29, 0.717) is 82.9 Å². The highest BCUT2D eigenvalue weighted by Crippen LogP contribution is 2.31. The van der Waals surface area contributed by atoms with Gasteiger partial charge >= 0.3 is 5.97 Å². The summed E-state index contributed by atoms with van der Waals surface area (Å²) in [5, 5.41) is 12.2. The number of carboxylic acids is 1. The van der Waals surface area contributed by atoms with Crippen molar-refractivity contribution in [3.8, 4) is 11.5 Å². The molecule has 42 heavy (non-hydrogen) atoms. The average Bonchev–Trinajstić information content (AvgIpc) is 2.98. The largest absolute Gasteiger partial charge is 0.487 e. The van der Waals surface area contributed by atoms with Gasteiger partial charge in [-0.1, -0.05) is 84.0 Å². The number of hydrogen-bond donors (Lipinski definition) is 2. The minimum absolute atomic E-state index is 0.0232. The second-order valence-corrected chi connectivity index (χ2v) is 11.0. The van der Waals surface area contributed by atoms with Crippen molar-refractivity contribution < 1.29 is 38.4 Å². The second-order valence-electron chi connectivity index (χ2n) is 11.0. The van der Waals surface area contributed by atoms with E-state index in [0.717, 1.165) is 19.3 Å². The smallest absolute Gasteiger partial charge is 0.303 e. The maximum atomic E-state index is 13.2. The number of benzene rings is 1. The molecule has 1 atom stereocenters. The third-order valence-electron chi connectivity index (χ3n) is 7.41. The molecule has 2 N–H and O–H groups in total. The summed E-state index contributed by atoms with van der Waals surface area (Å²) in [6.45, 7) is 5.70. The number of hydrogen-bond acceptors (Lipinski definition) is 7. The average molecular weight is 594 g/mol. The van der Waals surface area contributed by atoms with Crippen molar-refractivity contribution in [3.05, 3.63) is 18.2 Å². The first kappa shape index (κ1) is 35.8. The fourth-order valence-electron chi connectivity index (χ4n) is 4.96. The first-order chi connectivity index (χ1) is 20.6. The Bertz CT molecular complexity index is 849. The van der Waals surface area contributed by atoms with E-state index in [4.69, 9.17) is 23.7 Å². The molecule has 0 aliphatic carbocycles. The Morgan fingerprint density at radius 1 is 0.690 bits per heavy atom. The van der Waals surface area contributed by atoms with E-state index >= 15 is 0 Å². The zero-order chi connectivity index (χ0) is 30.1. The first-order valence-electron chi connectivity index (χ1n) is 16.3. The lowest BCUT2D eigenvalue weighted by Crippen LogP contribution is -2.24. The van der Waals surface area contributed by atoms with Crippen LogP contribution in [0.4, 0.5) is 5.69 Å². The number of nitrogens with one attached hydrogen (secondary N) is 1. The Labute approximate surface area is 253 Å². The van der Waals surface area contributed by atoms with E-state index in [1.807, 2.05) is 0 Å². The molecule has 1 aliphatic rings. The zero-order valence-corrected chi connectivity index (χ0v) is 25.9. The molecule has 1 heterocycles. The molecule has 1 aliphatic heterocycles. The number of rotatable bonds is 18. The Kier molecular flexibility index (Phi) is 20.6. The van der Waals surface area contributed by atoms with Gasteiger partial charge in [-0.25, -0.2) is 0 Å². The number of fused-ring (bicyclic) bond motifs is 1. The third kappa shape index (κ3) is 17.6. The summed E-state index contributed by atoms with van der Waals surface area (Å²) in [6, 6.07) is 5.29. The molecule has 1 aromatic rings. The summed E-state index contributed by atoms with van der Waals surface area (Å²) in [7, 11) is 0. The lowest BCUT2D eigenvalue weighted by Gasteiger charge is -2.18. The maximum absolute atomic E-state index is 13.2. The van der Waals surface area contributed by atoms with Crippen molar-refractivity contribution in [1.82, 2.24) is 0 Å².